The number of alkyl halides is 3. The fourth-order valence-corrected chi connectivity index (χ4v) is 4.92. The molecule has 2 aliphatic rings. The fraction of sp³-hybridized carbons (Fsp3) is 0.435. The number of halogens is 4. The first-order chi connectivity index (χ1) is 15.7. The van der Waals surface area contributed by atoms with Gasteiger partial charge in [-0.2, -0.15) is 18.3 Å². The summed E-state index contributed by atoms with van der Waals surface area (Å²) in [6, 6.07) is 8.36. The summed E-state index contributed by atoms with van der Waals surface area (Å²) in [5.41, 5.74) is 0.686. The largest absolute Gasteiger partial charge is 0.433 e. The number of aryl methyl sites for hydroxylation is 1. The Balaban J connectivity index is 1.49. The van der Waals surface area contributed by atoms with E-state index in [4.69, 9.17) is 11.6 Å². The van der Waals surface area contributed by atoms with E-state index in [9.17, 15) is 18.0 Å². The number of rotatable bonds is 3. The molecular weight excluding hydrogens is 455 g/mol. The monoisotopic (exact) mass is 477 g/mol. The van der Waals surface area contributed by atoms with Crippen molar-refractivity contribution in [3.63, 3.8) is 0 Å². The number of nitrogens with zero attached hydrogens (tertiary/aromatic N) is 5. The van der Waals surface area contributed by atoms with Crippen LogP contribution in [0.15, 0.2) is 30.3 Å². The van der Waals surface area contributed by atoms with Gasteiger partial charge in [0.25, 0.3) is 0 Å². The Hall–Kier alpha value is -2.65. The summed E-state index contributed by atoms with van der Waals surface area (Å²) in [4.78, 5) is 21.5. The number of piperazine rings is 1. The Kier molecular flexibility index (Phi) is 5.56. The van der Waals surface area contributed by atoms with Crippen LogP contribution in [0.2, 0.25) is 5.02 Å². The number of carbonyl (C=O) groups excluding carboxylic acids is 1. The Morgan fingerprint density at radius 1 is 1.18 bits per heavy atom. The molecule has 33 heavy (non-hydrogen) atoms. The predicted molar refractivity (Wildman–Crippen MR) is 118 cm³/mol. The van der Waals surface area contributed by atoms with E-state index in [1.165, 1.54) is 0 Å². The van der Waals surface area contributed by atoms with E-state index in [0.717, 1.165) is 37.6 Å². The minimum atomic E-state index is -4.67. The lowest BCUT2D eigenvalue weighted by Gasteiger charge is -2.37. The molecule has 2 aromatic heterocycles. The minimum absolute atomic E-state index is 0.0256. The SMILES string of the molecule is Cc1ccc(-c2cc(C(F)(F)F)n3nc(CC(=O)N4CCN5CCCC5C4)c(Cl)c3n2)cc1. The lowest BCUT2D eigenvalue weighted by molar-refractivity contribution is -0.142. The van der Waals surface area contributed by atoms with Crippen LogP contribution in [0.1, 0.15) is 29.8 Å². The number of aromatic nitrogens is 3. The summed E-state index contributed by atoms with van der Waals surface area (Å²) in [6.45, 7) is 5.00. The molecule has 1 aromatic carbocycles. The average Bonchev–Trinajstić information content (AvgIpc) is 3.37. The van der Waals surface area contributed by atoms with Crippen molar-refractivity contribution in [2.45, 2.75) is 38.4 Å². The second kappa shape index (κ2) is 8.29. The van der Waals surface area contributed by atoms with Gasteiger partial charge in [-0.05, 0) is 32.4 Å². The number of hydrogen-bond donors (Lipinski definition) is 0. The van der Waals surface area contributed by atoms with Gasteiger partial charge < -0.3 is 4.90 Å². The fourth-order valence-electron chi connectivity index (χ4n) is 4.70. The van der Waals surface area contributed by atoms with Crippen LogP contribution in [0.4, 0.5) is 13.2 Å². The summed E-state index contributed by atoms with van der Waals surface area (Å²) in [6.07, 6.45) is -2.65. The van der Waals surface area contributed by atoms with Crippen molar-refractivity contribution in [2.24, 2.45) is 0 Å². The van der Waals surface area contributed by atoms with Crippen molar-refractivity contribution < 1.29 is 18.0 Å². The predicted octanol–water partition coefficient (Wildman–Crippen LogP) is 4.23. The van der Waals surface area contributed by atoms with Crippen molar-refractivity contribution in [3.8, 4) is 11.3 Å². The molecule has 10 heteroatoms. The molecule has 2 aliphatic heterocycles. The zero-order valence-electron chi connectivity index (χ0n) is 18.1. The Bertz CT molecular complexity index is 1210. The maximum atomic E-state index is 13.9. The van der Waals surface area contributed by atoms with Crippen molar-refractivity contribution in [1.29, 1.82) is 0 Å². The Labute approximate surface area is 193 Å². The minimum Gasteiger partial charge on any atom is -0.340 e. The molecular formula is C23H23ClF3N5O. The Morgan fingerprint density at radius 2 is 1.94 bits per heavy atom. The third-order valence-electron chi connectivity index (χ3n) is 6.50. The zero-order valence-corrected chi connectivity index (χ0v) is 18.8. The average molecular weight is 478 g/mol. The van der Waals surface area contributed by atoms with Crippen LogP contribution in [0, 0.1) is 6.92 Å². The highest BCUT2D eigenvalue weighted by Crippen LogP contribution is 2.35. The molecule has 0 spiro atoms. The molecule has 2 fully saturated rings. The van der Waals surface area contributed by atoms with Crippen LogP contribution < -0.4 is 0 Å². The summed E-state index contributed by atoms with van der Waals surface area (Å²) >= 11 is 6.44. The lowest BCUT2D eigenvalue weighted by Crippen LogP contribution is -2.52. The first-order valence-corrected chi connectivity index (χ1v) is 11.3. The summed E-state index contributed by atoms with van der Waals surface area (Å²) in [5.74, 6) is -0.181. The smallest absolute Gasteiger partial charge is 0.340 e. The van der Waals surface area contributed by atoms with Crippen molar-refractivity contribution in [2.75, 3.05) is 26.2 Å². The molecule has 3 aromatic rings. The molecule has 5 rings (SSSR count). The van der Waals surface area contributed by atoms with E-state index in [1.807, 2.05) is 6.92 Å². The van der Waals surface area contributed by atoms with Crippen LogP contribution in [0.3, 0.4) is 0 Å². The van der Waals surface area contributed by atoms with Gasteiger partial charge >= 0.3 is 6.18 Å². The van der Waals surface area contributed by atoms with Crippen molar-refractivity contribution in [3.05, 3.63) is 52.3 Å². The maximum absolute atomic E-state index is 13.9. The maximum Gasteiger partial charge on any atom is 0.433 e. The molecule has 0 bridgehead atoms. The zero-order chi connectivity index (χ0) is 23.3. The van der Waals surface area contributed by atoms with Crippen LogP contribution in [-0.2, 0) is 17.4 Å². The molecule has 0 radical (unpaired) electrons. The Morgan fingerprint density at radius 3 is 2.67 bits per heavy atom. The molecule has 2 saturated heterocycles. The van der Waals surface area contributed by atoms with Crippen LogP contribution in [-0.4, -0.2) is 62.5 Å². The first kappa shape index (κ1) is 22.2. The highest BCUT2D eigenvalue weighted by Gasteiger charge is 2.37. The van der Waals surface area contributed by atoms with E-state index < -0.39 is 11.9 Å². The summed E-state index contributed by atoms with van der Waals surface area (Å²) in [7, 11) is 0. The van der Waals surface area contributed by atoms with Crippen molar-refractivity contribution >= 4 is 23.2 Å². The molecule has 6 nitrogen and oxygen atoms in total. The molecule has 1 amide bonds. The summed E-state index contributed by atoms with van der Waals surface area (Å²) < 4.78 is 42.4. The normalized spacial score (nSPS) is 19.3. The van der Waals surface area contributed by atoms with Gasteiger partial charge in [0.15, 0.2) is 11.3 Å². The van der Waals surface area contributed by atoms with Gasteiger partial charge in [0.05, 0.1) is 17.8 Å². The second-order valence-electron chi connectivity index (χ2n) is 8.74. The molecule has 0 N–H and O–H groups in total. The van der Waals surface area contributed by atoms with Gasteiger partial charge in [0.1, 0.15) is 5.02 Å². The number of fused-ring (bicyclic) bond motifs is 2. The topological polar surface area (TPSA) is 53.7 Å². The van der Waals surface area contributed by atoms with Gasteiger partial charge in [-0.1, -0.05) is 41.4 Å². The number of amides is 1. The van der Waals surface area contributed by atoms with E-state index in [2.05, 4.69) is 15.0 Å². The molecule has 174 valence electrons. The van der Waals surface area contributed by atoms with Gasteiger partial charge in [-0.3, -0.25) is 9.69 Å². The third-order valence-corrected chi connectivity index (χ3v) is 6.88. The molecule has 4 heterocycles. The molecule has 0 aliphatic carbocycles. The van der Waals surface area contributed by atoms with E-state index in [0.29, 0.717) is 29.2 Å². The van der Waals surface area contributed by atoms with E-state index >= 15 is 0 Å². The standard InChI is InChI=1S/C23H23ClF3N5O/c1-14-4-6-15(7-5-14)17-11-19(23(25,26)27)32-22(28-17)21(24)18(29-32)12-20(33)31-10-9-30-8-2-3-16(30)13-31/h4-7,11,16H,2-3,8-10,12-13H2,1H3. The van der Waals surface area contributed by atoms with Gasteiger partial charge in [-0.15, -0.1) is 0 Å². The second-order valence-corrected chi connectivity index (χ2v) is 9.11. The lowest BCUT2D eigenvalue weighted by atomic mass is 10.1. The van der Waals surface area contributed by atoms with Gasteiger partial charge in [0, 0.05) is 31.2 Å². The highest BCUT2D eigenvalue weighted by molar-refractivity contribution is 6.34. The van der Waals surface area contributed by atoms with E-state index in [1.54, 1.807) is 29.2 Å². The van der Waals surface area contributed by atoms with Crippen molar-refractivity contribution in [1.82, 2.24) is 24.4 Å². The highest BCUT2D eigenvalue weighted by atomic mass is 35.5. The van der Waals surface area contributed by atoms with Crippen LogP contribution in [0.25, 0.3) is 16.9 Å². The third kappa shape index (κ3) is 4.19. The molecule has 0 saturated carbocycles. The van der Waals surface area contributed by atoms with Gasteiger partial charge in [0.2, 0.25) is 5.91 Å². The van der Waals surface area contributed by atoms with Gasteiger partial charge in [-0.25, -0.2) is 9.50 Å². The summed E-state index contributed by atoms with van der Waals surface area (Å²) in [5, 5.41) is 4.05. The van der Waals surface area contributed by atoms with Crippen LogP contribution >= 0.6 is 11.6 Å². The number of carbonyl (C=O) groups is 1. The van der Waals surface area contributed by atoms with Crippen LogP contribution in [0.5, 0.6) is 0 Å². The number of benzene rings is 1. The molecule has 1 atom stereocenters. The number of hydrogen-bond acceptors (Lipinski definition) is 4. The quantitative estimate of drug-likeness (QED) is 0.566. The molecule has 1 unspecified atom stereocenters. The van der Waals surface area contributed by atoms with E-state index in [-0.39, 0.29) is 34.4 Å². The first-order valence-electron chi connectivity index (χ1n) is 10.9.